The molecule has 0 bridgehead atoms. The van der Waals surface area contributed by atoms with Crippen LogP contribution in [0, 0.1) is 0 Å². The summed E-state index contributed by atoms with van der Waals surface area (Å²) in [6.07, 6.45) is 1.26. The van der Waals surface area contributed by atoms with Crippen molar-refractivity contribution in [3.05, 3.63) is 294 Å². The molecule has 1 fully saturated rings. The van der Waals surface area contributed by atoms with Crippen molar-refractivity contribution in [2.24, 2.45) is 0 Å². The van der Waals surface area contributed by atoms with Gasteiger partial charge in [0.15, 0.2) is 17.0 Å². The molecule has 0 radical (unpaired) electrons. The Morgan fingerprint density at radius 3 is 1.38 bits per heavy atom. The maximum absolute atomic E-state index is 11.9. The number of aliphatic hydroxyl groups excluding tert-OH is 1. The Morgan fingerprint density at radius 2 is 0.934 bits per heavy atom. The SMILES string of the molecule is COc1ccc(C(OCc2cc(CNc3ncnc4c3ncn4[C@H]3C[C@H](O)[C@@H](COC(c4ccccc4)(c4ccc(OC)cc4)c4ccc(OC)cc4)O3)cc(O[Si](c3ccccc3)(c3ccccc3)C(C)(C)C)c2)(c2ccccc2)c2ccc(OC)cc2)cc1. The minimum atomic E-state index is -3.15. The van der Waals surface area contributed by atoms with E-state index < -0.39 is 38.0 Å². The van der Waals surface area contributed by atoms with Crippen LogP contribution in [-0.2, 0) is 38.6 Å². The van der Waals surface area contributed by atoms with Crippen molar-refractivity contribution < 1.29 is 42.7 Å². The molecule has 1 aliphatic heterocycles. The van der Waals surface area contributed by atoms with Crippen LogP contribution in [0.2, 0.25) is 5.04 Å². The fraction of sp³-hybridized carbons (Fsp3) is 0.224. The fourth-order valence-electron chi connectivity index (χ4n) is 12.8. The first kappa shape index (κ1) is 61.6. The van der Waals surface area contributed by atoms with Gasteiger partial charge in [-0.05, 0) is 121 Å². The average Bonchev–Trinajstić information content (AvgIpc) is 1.49. The van der Waals surface area contributed by atoms with Gasteiger partial charge in [0.2, 0.25) is 0 Å². The third-order valence-corrected chi connectivity index (χ3v) is 22.3. The summed E-state index contributed by atoms with van der Waals surface area (Å²) in [7, 11) is 3.49. The fourth-order valence-corrected chi connectivity index (χ4v) is 17.2. The number of anilines is 1. The summed E-state index contributed by atoms with van der Waals surface area (Å²) in [6, 6.07) is 80.0. The van der Waals surface area contributed by atoms with Crippen molar-refractivity contribution in [1.82, 2.24) is 19.5 Å². The summed E-state index contributed by atoms with van der Waals surface area (Å²) in [5.41, 5.74) is 6.09. The van der Waals surface area contributed by atoms with Crippen molar-refractivity contribution >= 4 is 35.7 Å². The van der Waals surface area contributed by atoms with Crippen LogP contribution in [-0.4, -0.2) is 80.2 Å². The maximum Gasteiger partial charge on any atom is 0.319 e. The average molecular weight is 1230 g/mol. The maximum atomic E-state index is 11.9. The van der Waals surface area contributed by atoms with E-state index in [1.54, 1.807) is 34.8 Å². The lowest BCUT2D eigenvalue weighted by atomic mass is 9.80. The lowest BCUT2D eigenvalue weighted by Gasteiger charge is -2.43. The largest absolute Gasteiger partial charge is 0.534 e. The quantitative estimate of drug-likeness (QED) is 0.0437. The molecule has 3 heterocycles. The van der Waals surface area contributed by atoms with E-state index in [9.17, 15) is 5.11 Å². The lowest BCUT2D eigenvalue weighted by molar-refractivity contribution is -0.0931. The molecule has 14 nitrogen and oxygen atoms in total. The van der Waals surface area contributed by atoms with E-state index in [-0.39, 0.29) is 24.7 Å². The number of methoxy groups -OCH3 is 4. The van der Waals surface area contributed by atoms with Crippen molar-refractivity contribution in [3.8, 4) is 28.7 Å². The standard InChI is InChI=1S/C76H75N5O9Si/c1-74(2,3)91(66-24-16-10-17-25-66,67-26-18-11-19-27-67)90-65-45-53(44-54(46-65)49-87-75(55-20-12-8-13-21-55,57-28-36-61(83-4)37-29-57)58-30-38-62(84-5)39-31-58)48-77-72-71-73(79-51-78-72)81(52-80-71)70-47-68(82)69(89-70)50-88-76(56-22-14-9-15-23-56,59-32-40-63(85-6)41-33-59)60-34-42-64(86-7)43-35-60/h8-46,51-52,68-70,82H,47-50H2,1-7H3,(H,77,78,79)/t68-,69+,70+/m0/s1. The summed E-state index contributed by atoms with van der Waals surface area (Å²) in [5.74, 6) is 4.12. The molecule has 0 saturated carbocycles. The second-order valence-corrected chi connectivity index (χ2v) is 27.9. The zero-order chi connectivity index (χ0) is 63.0. The molecular weight excluding hydrogens is 1150 g/mol. The first-order chi connectivity index (χ1) is 44.4. The van der Waals surface area contributed by atoms with Crippen LogP contribution in [0.15, 0.2) is 249 Å². The van der Waals surface area contributed by atoms with Crippen LogP contribution >= 0.6 is 0 Å². The van der Waals surface area contributed by atoms with Crippen LogP contribution in [0.5, 0.6) is 28.7 Å². The van der Waals surface area contributed by atoms with Crippen molar-refractivity contribution in [2.45, 2.75) is 75.0 Å². The first-order valence-corrected chi connectivity index (χ1v) is 32.4. The Morgan fingerprint density at radius 1 is 0.505 bits per heavy atom. The summed E-state index contributed by atoms with van der Waals surface area (Å²) < 4.78 is 53.7. The summed E-state index contributed by atoms with van der Waals surface area (Å²) in [5, 5.41) is 17.5. The van der Waals surface area contributed by atoms with Gasteiger partial charge in [0.1, 0.15) is 58.6 Å². The molecule has 1 saturated heterocycles. The van der Waals surface area contributed by atoms with Gasteiger partial charge in [0.25, 0.3) is 0 Å². The number of fused-ring (bicyclic) bond motifs is 1. The number of aromatic nitrogens is 4. The third-order valence-electron chi connectivity index (χ3n) is 17.3. The molecule has 1 aliphatic rings. The number of benzene rings is 9. The summed E-state index contributed by atoms with van der Waals surface area (Å²) >= 11 is 0. The predicted octanol–water partition coefficient (Wildman–Crippen LogP) is 13.6. The van der Waals surface area contributed by atoms with Gasteiger partial charge in [-0.2, -0.15) is 0 Å². The van der Waals surface area contributed by atoms with E-state index >= 15 is 0 Å². The van der Waals surface area contributed by atoms with E-state index in [4.69, 9.17) is 52.5 Å². The van der Waals surface area contributed by atoms with Crippen LogP contribution in [0.3, 0.4) is 0 Å². The van der Waals surface area contributed by atoms with Crippen LogP contribution < -0.4 is 39.1 Å². The smallest absolute Gasteiger partial charge is 0.319 e. The number of aliphatic hydroxyl groups is 1. The van der Waals surface area contributed by atoms with Crippen molar-refractivity contribution in [3.63, 3.8) is 0 Å². The zero-order valence-corrected chi connectivity index (χ0v) is 53.2. The Hall–Kier alpha value is -9.61. The van der Waals surface area contributed by atoms with Gasteiger partial charge in [-0.15, -0.1) is 0 Å². The Bertz CT molecular complexity index is 4020. The molecule has 11 aromatic rings. The topological polar surface area (TPSA) is 150 Å². The van der Waals surface area contributed by atoms with E-state index in [0.717, 1.165) is 66.4 Å². The van der Waals surface area contributed by atoms with Crippen molar-refractivity contribution in [2.75, 3.05) is 40.4 Å². The highest BCUT2D eigenvalue weighted by Crippen LogP contribution is 2.46. The molecule has 9 aromatic carbocycles. The number of hydrogen-bond donors (Lipinski definition) is 2. The normalized spacial score (nSPS) is 15.3. The number of nitrogens with zero attached hydrogens (tertiary/aromatic N) is 4. The molecule has 91 heavy (non-hydrogen) atoms. The van der Waals surface area contributed by atoms with Gasteiger partial charge in [-0.25, -0.2) is 15.0 Å². The van der Waals surface area contributed by atoms with Gasteiger partial charge >= 0.3 is 8.32 Å². The van der Waals surface area contributed by atoms with E-state index in [2.05, 4.69) is 141 Å². The molecular formula is C76H75N5O9Si. The zero-order valence-electron chi connectivity index (χ0n) is 52.2. The molecule has 2 N–H and O–H groups in total. The molecule has 3 atom stereocenters. The number of imidazole rings is 1. The van der Waals surface area contributed by atoms with Crippen molar-refractivity contribution in [1.29, 1.82) is 0 Å². The lowest BCUT2D eigenvalue weighted by Crippen LogP contribution is -2.68. The Balaban J connectivity index is 0.878. The van der Waals surface area contributed by atoms with Gasteiger partial charge in [0, 0.05) is 13.0 Å². The number of ether oxygens (including phenoxy) is 7. The van der Waals surface area contributed by atoms with Crippen LogP contribution in [0.25, 0.3) is 11.2 Å². The van der Waals surface area contributed by atoms with Gasteiger partial charge < -0.3 is 48.0 Å². The molecule has 15 heteroatoms. The Kier molecular flexibility index (Phi) is 18.2. The Labute approximate surface area is 533 Å². The van der Waals surface area contributed by atoms with Gasteiger partial charge in [-0.3, -0.25) is 4.57 Å². The summed E-state index contributed by atoms with van der Waals surface area (Å²) in [6.45, 7) is 7.39. The summed E-state index contributed by atoms with van der Waals surface area (Å²) in [4.78, 5) is 14.4. The van der Waals surface area contributed by atoms with E-state index in [0.29, 0.717) is 40.8 Å². The molecule has 462 valence electrons. The molecule has 12 rings (SSSR count). The number of hydrogen-bond acceptors (Lipinski definition) is 13. The van der Waals surface area contributed by atoms with Crippen LogP contribution in [0.1, 0.15) is 77.9 Å². The molecule has 0 spiro atoms. The first-order valence-electron chi connectivity index (χ1n) is 30.5. The second kappa shape index (κ2) is 26.8. The van der Waals surface area contributed by atoms with E-state index in [1.807, 2.05) is 126 Å². The number of nitrogens with one attached hydrogen (secondary N) is 1. The molecule has 2 aromatic heterocycles. The molecule has 0 unspecified atom stereocenters. The van der Waals surface area contributed by atoms with E-state index in [1.165, 1.54) is 6.33 Å². The minimum absolute atomic E-state index is 0.0428. The van der Waals surface area contributed by atoms with Gasteiger partial charge in [0.05, 0.1) is 54.1 Å². The second-order valence-electron chi connectivity index (χ2n) is 23.7. The predicted molar refractivity (Wildman–Crippen MR) is 357 cm³/mol. The minimum Gasteiger partial charge on any atom is -0.534 e. The third kappa shape index (κ3) is 12.3. The highest BCUT2D eigenvalue weighted by molar-refractivity contribution is 7.00. The number of rotatable bonds is 24. The van der Waals surface area contributed by atoms with Gasteiger partial charge in [-0.1, -0.05) is 197 Å². The monoisotopic (exact) mass is 1230 g/mol. The highest BCUT2D eigenvalue weighted by Gasteiger charge is 2.52. The highest BCUT2D eigenvalue weighted by atomic mass is 28.4. The molecule has 0 aliphatic carbocycles. The van der Waals surface area contributed by atoms with Crippen LogP contribution in [0.4, 0.5) is 5.82 Å². The molecule has 0 amide bonds.